The number of carbonyl (C=O) groups excluding carboxylic acids is 2. The van der Waals surface area contributed by atoms with E-state index in [-0.39, 0.29) is 23.4 Å². The molecule has 0 aromatic rings. The van der Waals surface area contributed by atoms with Crippen LogP contribution in [0.5, 0.6) is 0 Å². The van der Waals surface area contributed by atoms with Crippen LogP contribution in [0, 0.1) is 23.7 Å². The normalized spacial score (nSPS) is 38.3. The van der Waals surface area contributed by atoms with Crippen LogP contribution in [0.2, 0.25) is 0 Å². The first-order valence-corrected chi connectivity index (χ1v) is 12.9. The highest BCUT2D eigenvalue weighted by molar-refractivity contribution is 5.82. The Labute approximate surface area is 182 Å². The molecule has 6 rings (SSSR count). The van der Waals surface area contributed by atoms with Gasteiger partial charge < -0.3 is 10.2 Å². The number of nitrogens with one attached hydrogen (secondary N) is 1. The van der Waals surface area contributed by atoms with Gasteiger partial charge in [-0.3, -0.25) is 14.5 Å². The van der Waals surface area contributed by atoms with Crippen molar-refractivity contribution in [2.24, 2.45) is 23.7 Å². The maximum atomic E-state index is 13.2. The SMILES string of the molecule is CC(C(=O)NC12CC3CC(CC(C3)C1)C2)N1CCC(C(=O)N2CCCCCC2)CC1. The van der Waals surface area contributed by atoms with E-state index < -0.39 is 0 Å². The van der Waals surface area contributed by atoms with Crippen molar-refractivity contribution in [3.63, 3.8) is 0 Å². The fourth-order valence-corrected chi connectivity index (χ4v) is 7.88. The minimum atomic E-state index is -0.0766. The molecule has 6 fully saturated rings. The predicted octanol–water partition coefficient (Wildman–Crippen LogP) is 3.57. The molecular formula is C25H41N3O2. The van der Waals surface area contributed by atoms with Crippen LogP contribution in [-0.4, -0.2) is 59.4 Å². The standard InChI is InChI=1S/C25H41N3O2/c1-18(23(29)26-25-15-19-12-20(16-25)14-21(13-19)17-25)27-10-6-22(7-11-27)24(30)28-8-4-2-3-5-9-28/h18-22H,2-17H2,1H3,(H,26,29). The molecule has 0 aromatic carbocycles. The van der Waals surface area contributed by atoms with E-state index in [0.29, 0.717) is 5.91 Å². The molecule has 2 aliphatic heterocycles. The number of piperidine rings is 1. The van der Waals surface area contributed by atoms with E-state index in [0.717, 1.165) is 69.6 Å². The zero-order valence-electron chi connectivity index (χ0n) is 18.9. The maximum Gasteiger partial charge on any atom is 0.237 e. The number of hydrogen-bond acceptors (Lipinski definition) is 3. The molecule has 2 amide bonds. The van der Waals surface area contributed by atoms with E-state index in [2.05, 4.69) is 22.0 Å². The summed E-state index contributed by atoms with van der Waals surface area (Å²) in [6.45, 7) is 5.72. The fourth-order valence-electron chi connectivity index (χ4n) is 7.88. The van der Waals surface area contributed by atoms with E-state index >= 15 is 0 Å². The smallest absolute Gasteiger partial charge is 0.237 e. The lowest BCUT2D eigenvalue weighted by Gasteiger charge is -2.57. The summed E-state index contributed by atoms with van der Waals surface area (Å²) >= 11 is 0. The third-order valence-electron chi connectivity index (χ3n) is 9.15. The Balaban J connectivity index is 1.13. The third kappa shape index (κ3) is 4.16. The van der Waals surface area contributed by atoms with E-state index in [1.165, 1.54) is 51.4 Å². The van der Waals surface area contributed by atoms with Crippen LogP contribution in [0.25, 0.3) is 0 Å². The number of hydrogen-bond donors (Lipinski definition) is 1. The van der Waals surface area contributed by atoms with Gasteiger partial charge in [0.05, 0.1) is 6.04 Å². The van der Waals surface area contributed by atoms with Crippen molar-refractivity contribution in [2.45, 2.75) is 95.6 Å². The van der Waals surface area contributed by atoms with Crippen LogP contribution in [0.1, 0.15) is 84.0 Å². The second-order valence-electron chi connectivity index (χ2n) is 11.4. The first-order chi connectivity index (χ1) is 14.5. The van der Waals surface area contributed by atoms with Crippen molar-refractivity contribution in [1.29, 1.82) is 0 Å². The Hall–Kier alpha value is -1.10. The van der Waals surface area contributed by atoms with Gasteiger partial charge in [-0.1, -0.05) is 12.8 Å². The summed E-state index contributed by atoms with van der Waals surface area (Å²) in [5, 5.41) is 3.56. The molecule has 30 heavy (non-hydrogen) atoms. The van der Waals surface area contributed by atoms with Gasteiger partial charge in [0.1, 0.15) is 0 Å². The Morgan fingerprint density at radius 3 is 1.90 bits per heavy atom. The quantitative estimate of drug-likeness (QED) is 0.764. The number of amides is 2. The van der Waals surface area contributed by atoms with Gasteiger partial charge in [0, 0.05) is 24.5 Å². The fraction of sp³-hybridized carbons (Fsp3) is 0.920. The maximum absolute atomic E-state index is 13.2. The van der Waals surface area contributed by atoms with Crippen LogP contribution < -0.4 is 5.32 Å². The highest BCUT2D eigenvalue weighted by Crippen LogP contribution is 2.55. The average Bonchev–Trinajstić information content (AvgIpc) is 3.01. The Kier molecular flexibility index (Phi) is 5.85. The van der Waals surface area contributed by atoms with Crippen LogP contribution in [-0.2, 0) is 9.59 Å². The van der Waals surface area contributed by atoms with Crippen LogP contribution in [0.3, 0.4) is 0 Å². The van der Waals surface area contributed by atoms with Crippen molar-refractivity contribution < 1.29 is 9.59 Å². The van der Waals surface area contributed by atoms with Crippen LogP contribution in [0.4, 0.5) is 0 Å². The van der Waals surface area contributed by atoms with Crippen molar-refractivity contribution in [3.05, 3.63) is 0 Å². The molecule has 168 valence electrons. The first kappa shape index (κ1) is 20.8. The summed E-state index contributed by atoms with van der Waals surface area (Å²) < 4.78 is 0. The second-order valence-corrected chi connectivity index (χ2v) is 11.4. The molecule has 5 heteroatoms. The number of carbonyl (C=O) groups is 2. The molecule has 0 spiro atoms. The summed E-state index contributed by atoms with van der Waals surface area (Å²) in [5.41, 5.74) is 0.0984. The molecule has 0 aromatic heterocycles. The first-order valence-electron chi connectivity index (χ1n) is 12.9. The highest BCUT2D eigenvalue weighted by Gasteiger charge is 2.52. The Bertz CT molecular complexity index is 611. The van der Waals surface area contributed by atoms with E-state index in [4.69, 9.17) is 0 Å². The minimum Gasteiger partial charge on any atom is -0.349 e. The second kappa shape index (κ2) is 8.44. The van der Waals surface area contributed by atoms with Crippen molar-refractivity contribution in [3.8, 4) is 0 Å². The lowest BCUT2D eigenvalue weighted by atomic mass is 9.53. The number of nitrogens with zero attached hydrogens (tertiary/aromatic N) is 2. The topological polar surface area (TPSA) is 52.7 Å². The summed E-state index contributed by atoms with van der Waals surface area (Å²) in [6.07, 6.45) is 14.5. The molecule has 1 atom stereocenters. The van der Waals surface area contributed by atoms with E-state index in [1.54, 1.807) is 0 Å². The van der Waals surface area contributed by atoms with Gasteiger partial charge >= 0.3 is 0 Å². The van der Waals surface area contributed by atoms with Crippen molar-refractivity contribution in [1.82, 2.24) is 15.1 Å². The summed E-state index contributed by atoms with van der Waals surface area (Å²) in [4.78, 5) is 30.6. The Morgan fingerprint density at radius 2 is 1.37 bits per heavy atom. The third-order valence-corrected chi connectivity index (χ3v) is 9.15. The van der Waals surface area contributed by atoms with Gasteiger partial charge in [0.25, 0.3) is 0 Å². The van der Waals surface area contributed by atoms with Gasteiger partial charge in [0.2, 0.25) is 11.8 Å². The predicted molar refractivity (Wildman–Crippen MR) is 118 cm³/mol. The summed E-state index contributed by atoms with van der Waals surface area (Å²) in [5.74, 6) is 3.34. The molecular weight excluding hydrogens is 374 g/mol. The number of likely N-dealkylation sites (tertiary alicyclic amines) is 2. The van der Waals surface area contributed by atoms with E-state index in [9.17, 15) is 9.59 Å². The molecule has 2 saturated heterocycles. The molecule has 4 bridgehead atoms. The van der Waals surface area contributed by atoms with Crippen LogP contribution in [0.15, 0.2) is 0 Å². The minimum absolute atomic E-state index is 0.0766. The van der Waals surface area contributed by atoms with Crippen molar-refractivity contribution in [2.75, 3.05) is 26.2 Å². The molecule has 2 heterocycles. The van der Waals surface area contributed by atoms with Crippen molar-refractivity contribution >= 4 is 11.8 Å². The molecule has 4 aliphatic carbocycles. The lowest BCUT2D eigenvalue weighted by molar-refractivity contribution is -0.138. The zero-order chi connectivity index (χ0) is 20.7. The molecule has 5 nitrogen and oxygen atoms in total. The Morgan fingerprint density at radius 1 is 0.833 bits per heavy atom. The van der Waals surface area contributed by atoms with Gasteiger partial charge in [-0.05, 0) is 102 Å². The van der Waals surface area contributed by atoms with Gasteiger partial charge in [-0.2, -0.15) is 0 Å². The monoisotopic (exact) mass is 415 g/mol. The number of rotatable bonds is 4. The van der Waals surface area contributed by atoms with Gasteiger partial charge in [-0.25, -0.2) is 0 Å². The van der Waals surface area contributed by atoms with Crippen LogP contribution >= 0.6 is 0 Å². The molecule has 0 radical (unpaired) electrons. The average molecular weight is 416 g/mol. The molecule has 1 N–H and O–H groups in total. The molecule has 6 aliphatic rings. The zero-order valence-corrected chi connectivity index (χ0v) is 18.9. The lowest BCUT2D eigenvalue weighted by Crippen LogP contribution is -2.62. The largest absolute Gasteiger partial charge is 0.349 e. The van der Waals surface area contributed by atoms with E-state index in [1.807, 2.05) is 0 Å². The molecule has 4 saturated carbocycles. The summed E-state index contributed by atoms with van der Waals surface area (Å²) in [6, 6.07) is -0.0766. The summed E-state index contributed by atoms with van der Waals surface area (Å²) in [7, 11) is 0. The highest BCUT2D eigenvalue weighted by atomic mass is 16.2. The van der Waals surface area contributed by atoms with Gasteiger partial charge in [0.15, 0.2) is 0 Å². The van der Waals surface area contributed by atoms with Gasteiger partial charge in [-0.15, -0.1) is 0 Å². The molecule has 1 unspecified atom stereocenters.